The Balaban J connectivity index is 2.29. The van der Waals surface area contributed by atoms with Gasteiger partial charge in [0.25, 0.3) is 0 Å². The van der Waals surface area contributed by atoms with E-state index in [0.29, 0.717) is 37.7 Å². The Hall–Kier alpha value is -0.910. The van der Waals surface area contributed by atoms with Crippen LogP contribution in [0.3, 0.4) is 0 Å². The van der Waals surface area contributed by atoms with E-state index in [1.807, 2.05) is 0 Å². The first-order chi connectivity index (χ1) is 8.27. The number of methoxy groups -OCH3 is 1. The van der Waals surface area contributed by atoms with Crippen LogP contribution < -0.4 is 4.74 Å². The molecular weight excluding hydrogens is 288 g/mol. The minimum atomic E-state index is 0.461. The Labute approximate surface area is 109 Å². The van der Waals surface area contributed by atoms with Crippen LogP contribution in [0.25, 0.3) is 0 Å². The fraction of sp³-hybridized carbons (Fsp3) is 0.417. The lowest BCUT2D eigenvalue weighted by Gasteiger charge is -2.08. The highest BCUT2D eigenvalue weighted by atomic mass is 79.9. The smallest absolute Gasteiger partial charge is 0.150 e. The number of benzene rings is 1. The quantitative estimate of drug-likeness (QED) is 0.546. The van der Waals surface area contributed by atoms with Crippen LogP contribution >= 0.6 is 15.9 Å². The van der Waals surface area contributed by atoms with Crippen LogP contribution in [0.15, 0.2) is 22.7 Å². The van der Waals surface area contributed by atoms with Crippen LogP contribution in [-0.4, -0.2) is 39.8 Å². The lowest BCUT2D eigenvalue weighted by Crippen LogP contribution is -2.10. The summed E-state index contributed by atoms with van der Waals surface area (Å²) in [5.74, 6) is 0.700. The molecule has 0 aromatic heterocycles. The average molecular weight is 303 g/mol. The molecule has 1 rings (SSSR count). The first-order valence-corrected chi connectivity index (χ1v) is 6.01. The fourth-order valence-corrected chi connectivity index (χ4v) is 1.67. The molecular formula is C12H15BrO4. The van der Waals surface area contributed by atoms with Crippen LogP contribution in [0.5, 0.6) is 5.75 Å². The summed E-state index contributed by atoms with van der Waals surface area (Å²) in [6.07, 6.45) is 0.794. The summed E-state index contributed by atoms with van der Waals surface area (Å²) in [7, 11) is 1.63. The van der Waals surface area contributed by atoms with Gasteiger partial charge in [-0.15, -0.1) is 0 Å². The van der Waals surface area contributed by atoms with Crippen molar-refractivity contribution >= 4 is 22.2 Å². The summed E-state index contributed by atoms with van der Waals surface area (Å²) in [5.41, 5.74) is 0.612. The molecule has 0 bridgehead atoms. The van der Waals surface area contributed by atoms with Gasteiger partial charge in [0, 0.05) is 12.7 Å². The van der Waals surface area contributed by atoms with E-state index < -0.39 is 0 Å². The number of hydrogen-bond donors (Lipinski definition) is 0. The van der Waals surface area contributed by atoms with Crippen molar-refractivity contribution in [2.24, 2.45) is 0 Å². The van der Waals surface area contributed by atoms with Gasteiger partial charge in [0.1, 0.15) is 18.6 Å². The van der Waals surface area contributed by atoms with Crippen LogP contribution in [0, 0.1) is 0 Å². The molecule has 0 aliphatic rings. The van der Waals surface area contributed by atoms with Gasteiger partial charge in [0.05, 0.1) is 24.3 Å². The number of carbonyl (C=O) groups excluding carboxylic acids is 1. The highest BCUT2D eigenvalue weighted by Gasteiger charge is 2.02. The van der Waals surface area contributed by atoms with E-state index in [-0.39, 0.29) is 0 Å². The van der Waals surface area contributed by atoms with Gasteiger partial charge < -0.3 is 14.2 Å². The second-order valence-electron chi connectivity index (χ2n) is 3.26. The molecule has 0 N–H and O–H groups in total. The molecule has 0 aliphatic carbocycles. The molecule has 1 aromatic rings. The lowest BCUT2D eigenvalue weighted by atomic mass is 10.2. The molecule has 5 heteroatoms. The van der Waals surface area contributed by atoms with Gasteiger partial charge in [-0.25, -0.2) is 0 Å². The SMILES string of the molecule is COCCOCCOc1ccc(C=O)cc1Br. The van der Waals surface area contributed by atoms with Crippen molar-refractivity contribution in [1.82, 2.24) is 0 Å². The standard InChI is InChI=1S/C12H15BrO4/c1-15-4-5-16-6-7-17-12-3-2-10(9-14)8-11(12)13/h2-3,8-9H,4-7H2,1H3. The van der Waals surface area contributed by atoms with Crippen molar-refractivity contribution in [3.8, 4) is 5.75 Å². The summed E-state index contributed by atoms with van der Waals surface area (Å²) in [6.45, 7) is 2.11. The summed E-state index contributed by atoms with van der Waals surface area (Å²) >= 11 is 3.34. The average Bonchev–Trinajstić information content (AvgIpc) is 2.35. The number of rotatable bonds is 8. The molecule has 0 saturated heterocycles. The van der Waals surface area contributed by atoms with E-state index in [4.69, 9.17) is 14.2 Å². The molecule has 94 valence electrons. The zero-order valence-electron chi connectivity index (χ0n) is 9.65. The summed E-state index contributed by atoms with van der Waals surface area (Å²) in [6, 6.07) is 5.18. The van der Waals surface area contributed by atoms with Crippen LogP contribution in [-0.2, 0) is 9.47 Å². The van der Waals surface area contributed by atoms with E-state index in [2.05, 4.69) is 15.9 Å². The molecule has 0 fully saturated rings. The van der Waals surface area contributed by atoms with Crippen molar-refractivity contribution in [3.63, 3.8) is 0 Å². The molecule has 0 atom stereocenters. The number of aldehydes is 1. The third-order valence-electron chi connectivity index (χ3n) is 2.01. The Bertz CT molecular complexity index is 354. The molecule has 0 unspecified atom stereocenters. The molecule has 0 radical (unpaired) electrons. The summed E-state index contributed by atoms with van der Waals surface area (Å²) in [4.78, 5) is 10.5. The van der Waals surface area contributed by atoms with E-state index >= 15 is 0 Å². The first kappa shape index (κ1) is 14.2. The largest absolute Gasteiger partial charge is 0.490 e. The van der Waals surface area contributed by atoms with E-state index in [1.54, 1.807) is 25.3 Å². The zero-order chi connectivity index (χ0) is 12.5. The van der Waals surface area contributed by atoms with Gasteiger partial charge >= 0.3 is 0 Å². The van der Waals surface area contributed by atoms with Gasteiger partial charge in [0.15, 0.2) is 0 Å². The summed E-state index contributed by atoms with van der Waals surface area (Å²) < 4.78 is 16.4. The number of hydrogen-bond acceptors (Lipinski definition) is 4. The van der Waals surface area contributed by atoms with E-state index in [0.717, 1.165) is 10.8 Å². The molecule has 0 aliphatic heterocycles. The van der Waals surface area contributed by atoms with Gasteiger partial charge in [0.2, 0.25) is 0 Å². The second kappa shape index (κ2) is 8.22. The van der Waals surface area contributed by atoms with Gasteiger partial charge in [-0.2, -0.15) is 0 Å². The highest BCUT2D eigenvalue weighted by molar-refractivity contribution is 9.10. The van der Waals surface area contributed by atoms with Crippen LogP contribution in [0.2, 0.25) is 0 Å². The van der Waals surface area contributed by atoms with Crippen molar-refractivity contribution in [2.75, 3.05) is 33.5 Å². The molecule has 17 heavy (non-hydrogen) atoms. The second-order valence-corrected chi connectivity index (χ2v) is 4.12. The Kier molecular flexibility index (Phi) is 6.84. The first-order valence-electron chi connectivity index (χ1n) is 5.22. The molecule has 0 heterocycles. The molecule has 0 amide bonds. The maximum Gasteiger partial charge on any atom is 0.150 e. The molecule has 0 spiro atoms. The Morgan fingerprint density at radius 2 is 2.00 bits per heavy atom. The predicted molar refractivity (Wildman–Crippen MR) is 67.7 cm³/mol. The van der Waals surface area contributed by atoms with E-state index in [1.165, 1.54) is 0 Å². The number of carbonyl (C=O) groups is 1. The molecule has 4 nitrogen and oxygen atoms in total. The Morgan fingerprint density at radius 3 is 2.65 bits per heavy atom. The third-order valence-corrected chi connectivity index (χ3v) is 2.63. The maximum atomic E-state index is 10.5. The maximum absolute atomic E-state index is 10.5. The van der Waals surface area contributed by atoms with Gasteiger partial charge in [-0.1, -0.05) is 0 Å². The Morgan fingerprint density at radius 1 is 1.24 bits per heavy atom. The summed E-state index contributed by atoms with van der Waals surface area (Å²) in [5, 5.41) is 0. The normalized spacial score (nSPS) is 10.2. The fourth-order valence-electron chi connectivity index (χ4n) is 1.16. The van der Waals surface area contributed by atoms with Crippen LogP contribution in [0.1, 0.15) is 10.4 Å². The topological polar surface area (TPSA) is 44.8 Å². The third kappa shape index (κ3) is 5.30. The van der Waals surface area contributed by atoms with E-state index in [9.17, 15) is 4.79 Å². The zero-order valence-corrected chi connectivity index (χ0v) is 11.2. The minimum absolute atomic E-state index is 0.461. The lowest BCUT2D eigenvalue weighted by molar-refractivity contribution is 0.0543. The van der Waals surface area contributed by atoms with Gasteiger partial charge in [-0.3, -0.25) is 4.79 Å². The minimum Gasteiger partial charge on any atom is -0.490 e. The van der Waals surface area contributed by atoms with Crippen molar-refractivity contribution in [3.05, 3.63) is 28.2 Å². The molecule has 1 aromatic carbocycles. The van der Waals surface area contributed by atoms with Crippen LogP contribution in [0.4, 0.5) is 0 Å². The number of ether oxygens (including phenoxy) is 3. The van der Waals surface area contributed by atoms with Crippen molar-refractivity contribution in [1.29, 1.82) is 0 Å². The highest BCUT2D eigenvalue weighted by Crippen LogP contribution is 2.25. The molecule has 0 saturated carbocycles. The predicted octanol–water partition coefficient (Wildman–Crippen LogP) is 2.30. The van der Waals surface area contributed by atoms with Crippen molar-refractivity contribution < 1.29 is 19.0 Å². The van der Waals surface area contributed by atoms with Crippen molar-refractivity contribution in [2.45, 2.75) is 0 Å². The monoisotopic (exact) mass is 302 g/mol. The van der Waals surface area contributed by atoms with Gasteiger partial charge in [-0.05, 0) is 34.1 Å². The number of halogens is 1.